The summed E-state index contributed by atoms with van der Waals surface area (Å²) in [6.45, 7) is 6.22. The van der Waals surface area contributed by atoms with Gasteiger partial charge in [0.05, 0.1) is 17.4 Å². The molecule has 0 radical (unpaired) electrons. The lowest BCUT2D eigenvalue weighted by molar-refractivity contribution is -0.158. The quantitative estimate of drug-likeness (QED) is 0.727. The van der Waals surface area contributed by atoms with Gasteiger partial charge in [-0.2, -0.15) is 0 Å². The number of hydrogen-bond acceptors (Lipinski definition) is 5. The Balaban J connectivity index is 1.55. The number of aliphatic carboxylic acids is 1. The molecular formula is C24H32O6. The van der Waals surface area contributed by atoms with Crippen LogP contribution in [0.15, 0.2) is 23.2 Å². The van der Waals surface area contributed by atoms with Crippen LogP contribution < -0.4 is 0 Å². The fraction of sp³-hybridized carbons (Fsp3) is 0.750. The maximum atomic E-state index is 12.7. The summed E-state index contributed by atoms with van der Waals surface area (Å²) in [6, 6.07) is 0. The van der Waals surface area contributed by atoms with Crippen LogP contribution in [0, 0.1) is 34.5 Å². The van der Waals surface area contributed by atoms with E-state index in [1.807, 2.05) is 0 Å². The van der Waals surface area contributed by atoms with Crippen molar-refractivity contribution in [2.24, 2.45) is 34.5 Å². The number of ether oxygens (including phenoxy) is 2. The van der Waals surface area contributed by atoms with Gasteiger partial charge in [-0.3, -0.25) is 9.59 Å². The predicted octanol–water partition coefficient (Wildman–Crippen LogP) is 3.79. The lowest BCUT2D eigenvalue weighted by Gasteiger charge is -2.58. The highest BCUT2D eigenvalue weighted by Gasteiger charge is 2.65. The molecule has 0 aromatic rings. The largest absolute Gasteiger partial charge is 0.481 e. The maximum Gasteiger partial charge on any atom is 0.307 e. The summed E-state index contributed by atoms with van der Waals surface area (Å²) in [5, 5.41) is 21.2. The van der Waals surface area contributed by atoms with Gasteiger partial charge in [0.15, 0.2) is 5.76 Å². The van der Waals surface area contributed by atoms with E-state index in [4.69, 9.17) is 9.47 Å². The monoisotopic (exact) mass is 416 g/mol. The van der Waals surface area contributed by atoms with E-state index in [2.05, 4.69) is 20.8 Å². The van der Waals surface area contributed by atoms with Crippen molar-refractivity contribution < 1.29 is 29.3 Å². The molecule has 3 fully saturated rings. The Hall–Kier alpha value is -1.82. The first-order chi connectivity index (χ1) is 14.2. The molecule has 6 nitrogen and oxygen atoms in total. The topological polar surface area (TPSA) is 93.1 Å². The van der Waals surface area contributed by atoms with Gasteiger partial charge in [-0.15, -0.1) is 0 Å². The molecule has 4 aliphatic carbocycles. The Morgan fingerprint density at radius 2 is 2.00 bits per heavy atom. The second-order valence-corrected chi connectivity index (χ2v) is 10.4. The molecular weight excluding hydrogens is 384 g/mol. The van der Waals surface area contributed by atoms with E-state index < -0.39 is 29.7 Å². The zero-order valence-corrected chi connectivity index (χ0v) is 18.0. The molecule has 0 bridgehead atoms. The number of carbonyl (C=O) groups excluding carboxylic acids is 1. The first kappa shape index (κ1) is 20.1. The Morgan fingerprint density at radius 1 is 1.23 bits per heavy atom. The summed E-state index contributed by atoms with van der Waals surface area (Å²) in [5.41, 5.74) is 0.0730. The number of carboxylic acids is 1. The van der Waals surface area contributed by atoms with Crippen LogP contribution in [0.25, 0.3) is 0 Å². The molecule has 2 N–H and O–H groups in total. The molecule has 3 saturated carbocycles. The fourth-order valence-electron chi connectivity index (χ4n) is 7.79. The van der Waals surface area contributed by atoms with Gasteiger partial charge >= 0.3 is 5.97 Å². The van der Waals surface area contributed by atoms with E-state index >= 15 is 0 Å². The smallest absolute Gasteiger partial charge is 0.307 e. The van der Waals surface area contributed by atoms with Gasteiger partial charge in [0.2, 0.25) is 17.8 Å². The standard InChI is InChI=1S/C24H32O6/c1-4-5-18-29-20-16(25)10-12-6-7-13-14-8-9-15(22(27)28)23(14,2)11-17(26)19(13)24(12,3)21(20)30-18/h10,13-15,17-19,26H,4-9,11H2,1-3H3,(H,27,28)/t13-,14-,15-,17-,18?,19+,23-,24-/m0/s1. The number of carboxylic acid groups (broad SMARTS) is 1. The highest BCUT2D eigenvalue weighted by atomic mass is 16.7. The average Bonchev–Trinajstić information content (AvgIpc) is 3.25. The third kappa shape index (κ3) is 2.46. The summed E-state index contributed by atoms with van der Waals surface area (Å²) in [7, 11) is 0. The Bertz CT molecular complexity index is 858. The highest BCUT2D eigenvalue weighted by molar-refractivity contribution is 6.05. The van der Waals surface area contributed by atoms with Gasteiger partial charge in [0.25, 0.3) is 0 Å². The van der Waals surface area contributed by atoms with Crippen LogP contribution in [0.3, 0.4) is 0 Å². The summed E-state index contributed by atoms with van der Waals surface area (Å²) in [6.07, 6.45) is 5.93. The molecule has 8 atom stereocenters. The molecule has 5 rings (SSSR count). The lowest BCUT2D eigenvalue weighted by atomic mass is 9.46. The maximum absolute atomic E-state index is 12.7. The number of aliphatic hydroxyl groups is 1. The molecule has 0 spiro atoms. The van der Waals surface area contributed by atoms with Crippen LogP contribution in [0.2, 0.25) is 0 Å². The third-order valence-electron chi connectivity index (χ3n) is 9.06. The molecule has 0 aromatic heterocycles. The van der Waals surface area contributed by atoms with Gasteiger partial charge in [-0.25, -0.2) is 0 Å². The van der Waals surface area contributed by atoms with Crippen LogP contribution >= 0.6 is 0 Å². The number of rotatable bonds is 3. The number of ketones is 1. The van der Waals surface area contributed by atoms with E-state index in [9.17, 15) is 19.8 Å². The van der Waals surface area contributed by atoms with Gasteiger partial charge in [0.1, 0.15) is 0 Å². The molecule has 30 heavy (non-hydrogen) atoms. The van der Waals surface area contributed by atoms with Crippen LogP contribution in [0.4, 0.5) is 0 Å². The van der Waals surface area contributed by atoms with Crippen molar-refractivity contribution in [3.63, 3.8) is 0 Å². The van der Waals surface area contributed by atoms with E-state index in [1.165, 1.54) is 0 Å². The van der Waals surface area contributed by atoms with Crippen LogP contribution in [0.1, 0.15) is 65.7 Å². The van der Waals surface area contributed by atoms with Crippen molar-refractivity contribution in [2.45, 2.75) is 78.1 Å². The van der Waals surface area contributed by atoms with E-state index in [-0.39, 0.29) is 29.0 Å². The molecule has 1 unspecified atom stereocenters. The number of carbonyl (C=O) groups is 2. The van der Waals surface area contributed by atoms with Gasteiger partial charge < -0.3 is 19.7 Å². The Kier molecular flexibility index (Phi) is 4.41. The minimum atomic E-state index is -0.739. The van der Waals surface area contributed by atoms with E-state index in [0.717, 1.165) is 31.3 Å². The predicted molar refractivity (Wildman–Crippen MR) is 108 cm³/mol. The molecule has 1 heterocycles. The Labute approximate surface area is 177 Å². The van der Waals surface area contributed by atoms with Crippen molar-refractivity contribution in [3.8, 4) is 0 Å². The summed E-state index contributed by atoms with van der Waals surface area (Å²) < 4.78 is 12.1. The fourth-order valence-corrected chi connectivity index (χ4v) is 7.79. The Morgan fingerprint density at radius 3 is 2.70 bits per heavy atom. The zero-order chi connectivity index (χ0) is 21.4. The summed E-state index contributed by atoms with van der Waals surface area (Å²) >= 11 is 0. The number of aliphatic hydroxyl groups excluding tert-OH is 1. The second kappa shape index (κ2) is 6.59. The minimum Gasteiger partial charge on any atom is -0.481 e. The molecule has 1 aliphatic heterocycles. The van der Waals surface area contributed by atoms with E-state index in [1.54, 1.807) is 6.08 Å². The number of fused-ring (bicyclic) bond motifs is 6. The van der Waals surface area contributed by atoms with E-state index in [0.29, 0.717) is 30.8 Å². The first-order valence-corrected chi connectivity index (χ1v) is 11.5. The van der Waals surface area contributed by atoms with Crippen molar-refractivity contribution in [1.29, 1.82) is 0 Å². The van der Waals surface area contributed by atoms with Crippen molar-refractivity contribution in [1.82, 2.24) is 0 Å². The van der Waals surface area contributed by atoms with Crippen molar-refractivity contribution in [3.05, 3.63) is 23.2 Å². The molecule has 0 aromatic carbocycles. The summed E-state index contributed by atoms with van der Waals surface area (Å²) in [5.74, 6) is 0.0369. The summed E-state index contributed by atoms with van der Waals surface area (Å²) in [4.78, 5) is 24.7. The third-order valence-corrected chi connectivity index (χ3v) is 9.06. The highest BCUT2D eigenvalue weighted by Crippen LogP contribution is 2.68. The van der Waals surface area contributed by atoms with Crippen molar-refractivity contribution in [2.75, 3.05) is 0 Å². The molecule has 5 aliphatic rings. The second-order valence-electron chi connectivity index (χ2n) is 10.4. The molecule has 0 amide bonds. The van der Waals surface area contributed by atoms with Crippen LogP contribution in [0.5, 0.6) is 0 Å². The molecule has 6 heteroatoms. The van der Waals surface area contributed by atoms with Crippen LogP contribution in [-0.4, -0.2) is 34.4 Å². The van der Waals surface area contributed by atoms with Crippen molar-refractivity contribution >= 4 is 11.8 Å². The van der Waals surface area contributed by atoms with Crippen LogP contribution in [-0.2, 0) is 19.1 Å². The minimum absolute atomic E-state index is 0.0924. The SMILES string of the molecule is CCCC1OC2=C(O1)[C@@]1(C)C(=CC2=O)CC[C@@H]2[C@@H]1[C@@H](O)C[C@]1(C)[C@H](C(=O)O)CC[C@@H]21. The van der Waals surface area contributed by atoms with Gasteiger partial charge in [-0.05, 0) is 68.8 Å². The molecule has 0 saturated heterocycles. The normalized spacial score (nSPS) is 46.8. The van der Waals surface area contributed by atoms with Gasteiger partial charge in [-0.1, -0.05) is 19.4 Å². The first-order valence-electron chi connectivity index (χ1n) is 11.5. The van der Waals surface area contributed by atoms with Gasteiger partial charge in [0, 0.05) is 12.3 Å². The zero-order valence-electron chi connectivity index (χ0n) is 18.0. The molecule has 164 valence electrons. The number of allylic oxidation sites excluding steroid dienone is 2. The number of hydrogen-bond donors (Lipinski definition) is 2. The average molecular weight is 417 g/mol. The lowest BCUT2D eigenvalue weighted by Crippen LogP contribution is -2.57.